The van der Waals surface area contributed by atoms with Gasteiger partial charge in [0.25, 0.3) is 0 Å². The Morgan fingerprint density at radius 2 is 1.09 bits per heavy atom. The van der Waals surface area contributed by atoms with E-state index >= 15 is 0 Å². The van der Waals surface area contributed by atoms with Crippen molar-refractivity contribution in [3.63, 3.8) is 0 Å². The third kappa shape index (κ3) is 1.29. The summed E-state index contributed by atoms with van der Waals surface area (Å²) in [6.45, 7) is 0. The summed E-state index contributed by atoms with van der Waals surface area (Å²) in [5, 5.41) is 12.6. The first-order chi connectivity index (χ1) is 10.9. The van der Waals surface area contributed by atoms with Crippen LogP contribution in [-0.2, 0) is 0 Å². The summed E-state index contributed by atoms with van der Waals surface area (Å²) in [5.74, 6) is 0. The summed E-state index contributed by atoms with van der Waals surface area (Å²) in [5.41, 5.74) is 0.507. The maximum Gasteiger partial charge on any atom is 0.115 e. The van der Waals surface area contributed by atoms with Gasteiger partial charge in [0.15, 0.2) is 0 Å². The van der Waals surface area contributed by atoms with E-state index in [1.54, 1.807) is 0 Å². The highest BCUT2D eigenvalue weighted by Gasteiger charge is 2.14. The summed E-state index contributed by atoms with van der Waals surface area (Å²) < 4.78 is 0. The number of rotatable bonds is 1. The Kier molecular flexibility index (Phi) is 2.12. The van der Waals surface area contributed by atoms with Gasteiger partial charge in [-0.15, -0.1) is 4.91 Å². The second-order valence-corrected chi connectivity index (χ2v) is 5.66. The zero-order valence-electron chi connectivity index (χ0n) is 11.7. The summed E-state index contributed by atoms with van der Waals surface area (Å²) in [4.78, 5) is 11.1. The third-order valence-corrected chi connectivity index (χ3v) is 4.60. The lowest BCUT2D eigenvalue weighted by Gasteiger charge is -2.14. The van der Waals surface area contributed by atoms with Crippen molar-refractivity contribution in [3.05, 3.63) is 71.6 Å². The van der Waals surface area contributed by atoms with E-state index in [4.69, 9.17) is 0 Å². The molecular formula is C20H11NO. The summed E-state index contributed by atoms with van der Waals surface area (Å²) in [7, 11) is 0. The van der Waals surface area contributed by atoms with Crippen LogP contribution in [0.1, 0.15) is 0 Å². The third-order valence-electron chi connectivity index (χ3n) is 4.60. The lowest BCUT2D eigenvalue weighted by atomic mass is 9.89. The lowest BCUT2D eigenvalue weighted by Crippen LogP contribution is -1.86. The average molecular weight is 281 g/mol. The van der Waals surface area contributed by atoms with E-state index in [0.717, 1.165) is 10.8 Å². The SMILES string of the molecule is O=Nc1ccc2c3cccc4cccc(c5cccc1c52)c43. The zero-order valence-corrected chi connectivity index (χ0v) is 11.7. The number of nitroso groups, excluding NO2 is 1. The van der Waals surface area contributed by atoms with Crippen LogP contribution in [0.25, 0.3) is 43.1 Å². The van der Waals surface area contributed by atoms with Crippen LogP contribution in [0, 0.1) is 4.91 Å². The van der Waals surface area contributed by atoms with Gasteiger partial charge in [0.1, 0.15) is 5.69 Å². The van der Waals surface area contributed by atoms with Gasteiger partial charge < -0.3 is 0 Å². The Morgan fingerprint density at radius 1 is 0.545 bits per heavy atom. The van der Waals surface area contributed by atoms with Gasteiger partial charge in [-0.3, -0.25) is 0 Å². The molecule has 0 aliphatic rings. The molecule has 0 amide bonds. The summed E-state index contributed by atoms with van der Waals surface area (Å²) >= 11 is 0. The number of nitrogens with zero attached hydrogens (tertiary/aromatic N) is 1. The van der Waals surface area contributed by atoms with Crippen LogP contribution < -0.4 is 0 Å². The van der Waals surface area contributed by atoms with Crippen molar-refractivity contribution in [3.8, 4) is 0 Å². The first-order valence-corrected chi connectivity index (χ1v) is 7.30. The fourth-order valence-electron chi connectivity index (χ4n) is 3.71. The molecule has 0 bridgehead atoms. The van der Waals surface area contributed by atoms with E-state index in [9.17, 15) is 4.91 Å². The molecule has 2 nitrogen and oxygen atoms in total. The van der Waals surface area contributed by atoms with Gasteiger partial charge >= 0.3 is 0 Å². The number of hydrogen-bond donors (Lipinski definition) is 0. The van der Waals surface area contributed by atoms with Crippen molar-refractivity contribution >= 4 is 48.8 Å². The lowest BCUT2D eigenvalue weighted by molar-refractivity contribution is 1.55. The largest absolute Gasteiger partial charge is 0.145 e. The second kappa shape index (κ2) is 4.01. The molecule has 2 heteroatoms. The molecule has 0 heterocycles. The molecule has 0 saturated carbocycles. The minimum Gasteiger partial charge on any atom is -0.145 e. The van der Waals surface area contributed by atoms with Gasteiger partial charge in [0.05, 0.1) is 0 Å². The van der Waals surface area contributed by atoms with Crippen LogP contribution in [0.4, 0.5) is 5.69 Å². The van der Waals surface area contributed by atoms with Gasteiger partial charge in [-0.05, 0) is 48.9 Å². The van der Waals surface area contributed by atoms with Crippen molar-refractivity contribution in [2.24, 2.45) is 5.18 Å². The predicted molar refractivity (Wildman–Crippen MR) is 93.1 cm³/mol. The van der Waals surface area contributed by atoms with E-state index in [1.807, 2.05) is 24.3 Å². The van der Waals surface area contributed by atoms with Crippen LogP contribution in [0.5, 0.6) is 0 Å². The average Bonchev–Trinajstić information content (AvgIpc) is 2.59. The number of hydrogen-bond acceptors (Lipinski definition) is 2. The summed E-state index contributed by atoms with van der Waals surface area (Å²) in [6.07, 6.45) is 0. The van der Waals surface area contributed by atoms with Crippen molar-refractivity contribution < 1.29 is 0 Å². The van der Waals surface area contributed by atoms with Crippen LogP contribution in [-0.4, -0.2) is 0 Å². The maximum atomic E-state index is 11.1. The van der Waals surface area contributed by atoms with E-state index in [0.29, 0.717) is 5.69 Å². The Bertz CT molecular complexity index is 1140. The molecule has 102 valence electrons. The minimum atomic E-state index is 0.507. The van der Waals surface area contributed by atoms with Crippen LogP contribution in [0.15, 0.2) is 71.9 Å². The first kappa shape index (κ1) is 11.6. The smallest absolute Gasteiger partial charge is 0.115 e. The molecule has 0 atom stereocenters. The highest BCUT2D eigenvalue weighted by atomic mass is 16.3. The van der Waals surface area contributed by atoms with Gasteiger partial charge in [-0.25, -0.2) is 0 Å². The number of benzene rings is 5. The molecule has 0 fully saturated rings. The predicted octanol–water partition coefficient (Wildman–Crippen LogP) is 6.14. The van der Waals surface area contributed by atoms with E-state index < -0.39 is 0 Å². The van der Waals surface area contributed by atoms with E-state index in [1.165, 1.54) is 32.3 Å². The Hall–Kier alpha value is -3.00. The normalized spacial score (nSPS) is 11.8. The fraction of sp³-hybridized carbons (Fsp3) is 0. The van der Waals surface area contributed by atoms with Gasteiger partial charge in [0.2, 0.25) is 0 Å². The molecular weight excluding hydrogens is 270 g/mol. The highest BCUT2D eigenvalue weighted by Crippen LogP contribution is 2.42. The quantitative estimate of drug-likeness (QED) is 0.206. The first-order valence-electron chi connectivity index (χ1n) is 7.30. The molecule has 0 aromatic heterocycles. The topological polar surface area (TPSA) is 29.4 Å². The Balaban J connectivity index is 2.25. The van der Waals surface area contributed by atoms with Crippen molar-refractivity contribution in [2.75, 3.05) is 0 Å². The molecule has 0 aliphatic carbocycles. The molecule has 0 saturated heterocycles. The molecule has 0 N–H and O–H groups in total. The number of fused-ring (bicyclic) bond motifs is 2. The summed E-state index contributed by atoms with van der Waals surface area (Å²) in [6, 6.07) is 22.7. The van der Waals surface area contributed by atoms with Crippen molar-refractivity contribution in [1.29, 1.82) is 0 Å². The molecule has 0 spiro atoms. The fourth-order valence-corrected chi connectivity index (χ4v) is 3.71. The molecule has 0 radical (unpaired) electrons. The van der Waals surface area contributed by atoms with Crippen LogP contribution >= 0.6 is 0 Å². The van der Waals surface area contributed by atoms with E-state index in [2.05, 4.69) is 47.6 Å². The van der Waals surface area contributed by atoms with Gasteiger partial charge in [0, 0.05) is 5.39 Å². The van der Waals surface area contributed by atoms with Crippen LogP contribution in [0.3, 0.4) is 0 Å². The highest BCUT2D eigenvalue weighted by molar-refractivity contribution is 6.33. The van der Waals surface area contributed by atoms with Crippen molar-refractivity contribution in [2.45, 2.75) is 0 Å². The Labute approximate surface area is 126 Å². The zero-order chi connectivity index (χ0) is 14.7. The molecule has 0 unspecified atom stereocenters. The molecule has 22 heavy (non-hydrogen) atoms. The van der Waals surface area contributed by atoms with Crippen molar-refractivity contribution in [1.82, 2.24) is 0 Å². The van der Waals surface area contributed by atoms with Crippen LogP contribution in [0.2, 0.25) is 0 Å². The monoisotopic (exact) mass is 281 g/mol. The maximum absolute atomic E-state index is 11.1. The van der Waals surface area contributed by atoms with Gasteiger partial charge in [-0.1, -0.05) is 60.7 Å². The molecule has 5 rings (SSSR count). The van der Waals surface area contributed by atoms with E-state index in [-0.39, 0.29) is 0 Å². The molecule has 5 aromatic rings. The molecule has 0 aliphatic heterocycles. The second-order valence-electron chi connectivity index (χ2n) is 5.66. The standard InChI is InChI=1S/C20H11NO/c22-21-18-11-10-16-14-7-2-5-12-4-1-6-13(19(12)14)15-8-3-9-17(18)20(15)16/h1-11H. The molecule has 5 aromatic carbocycles. The van der Waals surface area contributed by atoms with Gasteiger partial charge in [-0.2, -0.15) is 0 Å². The minimum absolute atomic E-state index is 0.507. The Morgan fingerprint density at radius 3 is 1.77 bits per heavy atom.